The van der Waals surface area contributed by atoms with Crippen molar-refractivity contribution in [1.82, 2.24) is 4.98 Å². The van der Waals surface area contributed by atoms with Crippen molar-refractivity contribution in [2.75, 3.05) is 16.5 Å². The third-order valence-electron chi connectivity index (χ3n) is 2.52. The molecule has 0 aliphatic heterocycles. The number of nitrogen functional groups attached to an aromatic ring is 1. The van der Waals surface area contributed by atoms with Crippen LogP contribution in [0.1, 0.15) is 26.3 Å². The van der Waals surface area contributed by atoms with Gasteiger partial charge < -0.3 is 10.5 Å². The number of hydrogen-bond donors (Lipinski definition) is 3. The summed E-state index contributed by atoms with van der Waals surface area (Å²) < 4.78 is 19.1. The van der Waals surface area contributed by atoms with Gasteiger partial charge >= 0.3 is 6.09 Å². The number of benzene rings is 1. The zero-order valence-electron chi connectivity index (χ0n) is 13.5. The molecule has 0 aliphatic carbocycles. The van der Waals surface area contributed by atoms with Crippen LogP contribution in [0, 0.1) is 5.82 Å². The fourth-order valence-electron chi connectivity index (χ4n) is 1.63. The Labute approximate surface area is 142 Å². The molecule has 7 nitrogen and oxygen atoms in total. The molecule has 2 rings (SSSR count). The van der Waals surface area contributed by atoms with Gasteiger partial charge in [0.1, 0.15) is 17.2 Å². The maximum Gasteiger partial charge on any atom is 0.412 e. The van der Waals surface area contributed by atoms with E-state index in [1.54, 1.807) is 32.2 Å². The largest absolute Gasteiger partial charge is 0.444 e. The molecule has 2 aromatic rings. The molecular formula is C15H18FN5O2S. The number of carbonyl (C=O) groups excluding carboxylic acids is 1. The first kappa shape index (κ1) is 17.7. The van der Waals surface area contributed by atoms with Gasteiger partial charge in [-0.15, -0.1) is 11.3 Å². The number of rotatable bonds is 4. The lowest BCUT2D eigenvalue weighted by Crippen LogP contribution is -2.27. The maximum absolute atomic E-state index is 14.0. The first-order chi connectivity index (χ1) is 11.2. The molecule has 1 amide bonds. The second-order valence-corrected chi connectivity index (χ2v) is 6.67. The zero-order chi connectivity index (χ0) is 17.7. The highest BCUT2D eigenvalue weighted by Gasteiger charge is 2.17. The molecule has 1 aromatic carbocycles. The van der Waals surface area contributed by atoms with Crippen LogP contribution in [0.4, 0.5) is 25.8 Å². The van der Waals surface area contributed by atoms with Crippen LogP contribution >= 0.6 is 11.3 Å². The van der Waals surface area contributed by atoms with E-state index in [9.17, 15) is 9.18 Å². The lowest BCUT2D eigenvalue weighted by atomic mass is 10.2. The van der Waals surface area contributed by atoms with Gasteiger partial charge in [0, 0.05) is 5.38 Å². The number of ether oxygens (including phenoxy) is 1. The van der Waals surface area contributed by atoms with Gasteiger partial charge in [-0.3, -0.25) is 10.7 Å². The molecule has 0 spiro atoms. The van der Waals surface area contributed by atoms with Gasteiger partial charge in [-0.1, -0.05) is 6.07 Å². The zero-order valence-corrected chi connectivity index (χ0v) is 14.3. The summed E-state index contributed by atoms with van der Waals surface area (Å²) in [6.07, 6.45) is 0.712. The van der Waals surface area contributed by atoms with E-state index >= 15 is 0 Å². The summed E-state index contributed by atoms with van der Waals surface area (Å²) in [5.74, 6) is -0.190. The van der Waals surface area contributed by atoms with E-state index in [0.29, 0.717) is 16.5 Å². The monoisotopic (exact) mass is 351 g/mol. The van der Waals surface area contributed by atoms with Crippen molar-refractivity contribution in [1.29, 1.82) is 0 Å². The Morgan fingerprint density at radius 3 is 2.79 bits per heavy atom. The van der Waals surface area contributed by atoms with Crippen LogP contribution < -0.4 is 16.5 Å². The van der Waals surface area contributed by atoms with E-state index < -0.39 is 17.5 Å². The minimum Gasteiger partial charge on any atom is -0.444 e. The highest BCUT2D eigenvalue weighted by Crippen LogP contribution is 2.18. The second-order valence-electron chi connectivity index (χ2n) is 5.81. The molecule has 0 fully saturated rings. The van der Waals surface area contributed by atoms with E-state index in [-0.39, 0.29) is 5.69 Å². The van der Waals surface area contributed by atoms with Crippen LogP contribution in [-0.4, -0.2) is 22.9 Å². The Morgan fingerprint density at radius 2 is 2.21 bits per heavy atom. The molecule has 9 heteroatoms. The highest BCUT2D eigenvalue weighted by atomic mass is 32.1. The number of nitrogens with zero attached hydrogens (tertiary/aromatic N) is 2. The maximum atomic E-state index is 14.0. The quantitative estimate of drug-likeness (QED) is 0.576. The predicted molar refractivity (Wildman–Crippen MR) is 94.0 cm³/mol. The molecule has 0 saturated carbocycles. The summed E-state index contributed by atoms with van der Waals surface area (Å²) >= 11 is 1.31. The van der Waals surface area contributed by atoms with Gasteiger partial charge in [-0.05, 0) is 38.5 Å². The van der Waals surface area contributed by atoms with E-state index in [0.717, 1.165) is 0 Å². The number of hydrazone groups is 1. The minimum absolute atomic E-state index is 0.0297. The molecule has 0 unspecified atom stereocenters. The summed E-state index contributed by atoms with van der Waals surface area (Å²) in [5, 5.41) is 8.51. The summed E-state index contributed by atoms with van der Waals surface area (Å²) in [6, 6.07) is 4.28. The fraction of sp³-hybridized carbons (Fsp3) is 0.267. The summed E-state index contributed by atoms with van der Waals surface area (Å²) in [7, 11) is 0. The number of aromatic nitrogens is 1. The van der Waals surface area contributed by atoms with Crippen LogP contribution in [0.15, 0.2) is 28.7 Å². The summed E-state index contributed by atoms with van der Waals surface area (Å²) in [5.41, 5.74) is 8.07. The topological polar surface area (TPSA) is 102 Å². The van der Waals surface area contributed by atoms with E-state index in [2.05, 4.69) is 20.8 Å². The van der Waals surface area contributed by atoms with Crippen molar-refractivity contribution in [3.05, 3.63) is 35.0 Å². The molecule has 0 atom stereocenters. The first-order valence-corrected chi connectivity index (χ1v) is 7.90. The number of amides is 1. The highest BCUT2D eigenvalue weighted by molar-refractivity contribution is 7.14. The molecule has 0 saturated heterocycles. The van der Waals surface area contributed by atoms with Crippen LogP contribution in [0.25, 0.3) is 0 Å². The van der Waals surface area contributed by atoms with Crippen LogP contribution in [0.2, 0.25) is 0 Å². The molecule has 1 heterocycles. The number of halogens is 1. The van der Waals surface area contributed by atoms with Crippen molar-refractivity contribution in [3.8, 4) is 0 Å². The van der Waals surface area contributed by atoms with E-state index in [4.69, 9.17) is 10.5 Å². The summed E-state index contributed by atoms with van der Waals surface area (Å²) in [4.78, 5) is 15.6. The Morgan fingerprint density at radius 1 is 1.46 bits per heavy atom. The van der Waals surface area contributed by atoms with E-state index in [1.165, 1.54) is 29.7 Å². The fourth-order valence-corrected chi connectivity index (χ4v) is 2.17. The second kappa shape index (κ2) is 7.26. The molecule has 128 valence electrons. The number of anilines is 3. The lowest BCUT2D eigenvalue weighted by molar-refractivity contribution is 0.0635. The Bertz CT molecular complexity index is 755. The standard InChI is InChI=1S/C15H18FN5O2S/c1-15(2,3)23-14(22)19-11-5-4-9(6-10(11)16)7-18-21-13-20-12(17)8-24-13/h4-8H,17H2,1-3H3,(H,19,22)(H,20,21). The Balaban J connectivity index is 1.97. The van der Waals surface area contributed by atoms with Crippen molar-refractivity contribution in [3.63, 3.8) is 0 Å². The van der Waals surface area contributed by atoms with Crippen molar-refractivity contribution < 1.29 is 13.9 Å². The smallest absolute Gasteiger partial charge is 0.412 e. The third-order valence-corrected chi connectivity index (χ3v) is 3.29. The number of thiazole rings is 1. The van der Waals surface area contributed by atoms with Crippen molar-refractivity contribution >= 4 is 40.3 Å². The minimum atomic E-state index is -0.717. The van der Waals surface area contributed by atoms with Gasteiger partial charge in [-0.25, -0.2) is 14.2 Å². The van der Waals surface area contributed by atoms with Gasteiger partial charge in [0.2, 0.25) is 5.13 Å². The lowest BCUT2D eigenvalue weighted by Gasteiger charge is -2.19. The molecule has 0 aliphatic rings. The predicted octanol–water partition coefficient (Wildman–Crippen LogP) is 3.66. The third kappa shape index (κ3) is 5.51. The molecular weight excluding hydrogens is 333 g/mol. The molecule has 24 heavy (non-hydrogen) atoms. The molecule has 0 bridgehead atoms. The molecule has 4 N–H and O–H groups in total. The molecule has 0 radical (unpaired) electrons. The van der Waals surface area contributed by atoms with Crippen molar-refractivity contribution in [2.24, 2.45) is 5.10 Å². The van der Waals surface area contributed by atoms with Crippen LogP contribution in [-0.2, 0) is 4.74 Å². The number of carbonyl (C=O) groups is 1. The van der Waals surface area contributed by atoms with Crippen LogP contribution in [0.5, 0.6) is 0 Å². The SMILES string of the molecule is CC(C)(C)OC(=O)Nc1ccc(C=NNc2nc(N)cs2)cc1F. The Hall–Kier alpha value is -2.68. The average Bonchev–Trinajstić information content (AvgIpc) is 2.85. The number of hydrogen-bond acceptors (Lipinski definition) is 7. The summed E-state index contributed by atoms with van der Waals surface area (Å²) in [6.45, 7) is 5.18. The van der Waals surface area contributed by atoms with Gasteiger partial charge in [-0.2, -0.15) is 5.10 Å². The van der Waals surface area contributed by atoms with Crippen LogP contribution in [0.3, 0.4) is 0 Å². The average molecular weight is 351 g/mol. The Kier molecular flexibility index (Phi) is 5.35. The first-order valence-electron chi connectivity index (χ1n) is 7.02. The number of nitrogens with one attached hydrogen (secondary N) is 2. The number of nitrogens with two attached hydrogens (primary N) is 1. The normalized spacial score (nSPS) is 11.5. The van der Waals surface area contributed by atoms with Gasteiger partial charge in [0.15, 0.2) is 0 Å². The van der Waals surface area contributed by atoms with Gasteiger partial charge in [0.05, 0.1) is 11.9 Å². The van der Waals surface area contributed by atoms with Gasteiger partial charge in [0.25, 0.3) is 0 Å². The molecule has 1 aromatic heterocycles. The van der Waals surface area contributed by atoms with E-state index in [1.807, 2.05) is 0 Å². The van der Waals surface area contributed by atoms with Crippen molar-refractivity contribution in [2.45, 2.75) is 26.4 Å².